The first-order valence-corrected chi connectivity index (χ1v) is 6.27. The third-order valence-corrected chi connectivity index (χ3v) is 2.27. The molecule has 0 fully saturated rings. The maximum absolute atomic E-state index is 13.7. The summed E-state index contributed by atoms with van der Waals surface area (Å²) in [4.78, 5) is 21.2. The van der Waals surface area contributed by atoms with E-state index >= 15 is 0 Å². The van der Waals surface area contributed by atoms with Crippen LogP contribution < -0.4 is 5.32 Å². The molecule has 0 aromatic heterocycles. The summed E-state index contributed by atoms with van der Waals surface area (Å²) in [6.45, 7) is 5.33. The molecule has 0 atom stereocenters. The maximum atomic E-state index is 13.7. The number of nitro benzene ring substituents is 1. The molecule has 0 aliphatic rings. The number of hydrogen-bond acceptors (Lipinski definition) is 4. The van der Waals surface area contributed by atoms with Gasteiger partial charge in [-0.25, -0.2) is 4.79 Å². The Bertz CT molecular complexity index is 565. The molecule has 1 aromatic carbocycles. The van der Waals surface area contributed by atoms with Crippen LogP contribution in [0.25, 0.3) is 6.08 Å². The Labute approximate surface area is 121 Å². The summed E-state index contributed by atoms with van der Waals surface area (Å²) >= 11 is 0. The molecule has 0 saturated carbocycles. The van der Waals surface area contributed by atoms with Crippen LogP contribution in [-0.4, -0.2) is 23.2 Å². The number of rotatable bonds is 4. The SMILES string of the molecule is CC(C)(C)OC(=O)NCC=Cc1cccc([N+](=O)[O-])c1F. The van der Waals surface area contributed by atoms with Gasteiger partial charge in [-0.2, -0.15) is 4.39 Å². The van der Waals surface area contributed by atoms with Crippen LogP contribution in [0.5, 0.6) is 0 Å². The first kappa shape index (κ1) is 16.6. The van der Waals surface area contributed by atoms with Gasteiger partial charge in [0.25, 0.3) is 0 Å². The van der Waals surface area contributed by atoms with E-state index < -0.39 is 28.1 Å². The summed E-state index contributed by atoms with van der Waals surface area (Å²) in [5.74, 6) is -0.906. The van der Waals surface area contributed by atoms with E-state index in [-0.39, 0.29) is 12.1 Å². The molecule has 0 bridgehead atoms. The Morgan fingerprint density at radius 2 is 2.14 bits per heavy atom. The fourth-order valence-corrected chi connectivity index (χ4v) is 1.45. The molecule has 7 heteroatoms. The third kappa shape index (κ3) is 5.60. The average molecular weight is 296 g/mol. The van der Waals surface area contributed by atoms with Crippen molar-refractivity contribution in [2.45, 2.75) is 26.4 Å². The Morgan fingerprint density at radius 3 is 2.71 bits per heavy atom. The molecule has 0 aliphatic heterocycles. The molecule has 0 aliphatic carbocycles. The normalized spacial score (nSPS) is 11.4. The van der Waals surface area contributed by atoms with Crippen LogP contribution in [0.4, 0.5) is 14.9 Å². The number of nitrogens with one attached hydrogen (secondary N) is 1. The van der Waals surface area contributed by atoms with Gasteiger partial charge in [-0.05, 0) is 20.8 Å². The van der Waals surface area contributed by atoms with E-state index in [1.807, 2.05) is 0 Å². The Kier molecular flexibility index (Phi) is 5.40. The number of nitrogens with zero attached hydrogens (tertiary/aromatic N) is 1. The number of ether oxygens (including phenoxy) is 1. The van der Waals surface area contributed by atoms with E-state index in [0.717, 1.165) is 6.07 Å². The molecular weight excluding hydrogens is 279 g/mol. The van der Waals surface area contributed by atoms with Crippen molar-refractivity contribution in [3.05, 3.63) is 45.8 Å². The largest absolute Gasteiger partial charge is 0.444 e. The van der Waals surface area contributed by atoms with Crippen LogP contribution in [0.1, 0.15) is 26.3 Å². The van der Waals surface area contributed by atoms with Crippen molar-refractivity contribution in [3.8, 4) is 0 Å². The number of carbonyl (C=O) groups excluding carboxylic acids is 1. The minimum absolute atomic E-state index is 0.0789. The summed E-state index contributed by atoms with van der Waals surface area (Å²) in [7, 11) is 0. The summed E-state index contributed by atoms with van der Waals surface area (Å²) in [6.07, 6.45) is 2.25. The lowest BCUT2D eigenvalue weighted by Gasteiger charge is -2.19. The predicted molar refractivity (Wildman–Crippen MR) is 76.3 cm³/mol. The molecule has 0 unspecified atom stereocenters. The van der Waals surface area contributed by atoms with Crippen molar-refractivity contribution in [3.63, 3.8) is 0 Å². The van der Waals surface area contributed by atoms with Crippen molar-refractivity contribution in [2.24, 2.45) is 0 Å². The topological polar surface area (TPSA) is 81.5 Å². The van der Waals surface area contributed by atoms with E-state index in [9.17, 15) is 19.3 Å². The molecule has 6 nitrogen and oxygen atoms in total. The number of nitro groups is 1. The van der Waals surface area contributed by atoms with Crippen molar-refractivity contribution < 1.29 is 18.8 Å². The average Bonchev–Trinajstić information content (AvgIpc) is 2.33. The number of carbonyl (C=O) groups is 1. The number of hydrogen-bond donors (Lipinski definition) is 1. The molecule has 0 radical (unpaired) electrons. The second kappa shape index (κ2) is 6.83. The molecule has 1 amide bonds. The minimum atomic E-state index is -0.906. The van der Waals surface area contributed by atoms with Gasteiger partial charge in [0.05, 0.1) is 4.92 Å². The number of benzene rings is 1. The Balaban J connectivity index is 2.61. The van der Waals surface area contributed by atoms with Crippen molar-refractivity contribution in [1.29, 1.82) is 0 Å². The first-order chi connectivity index (χ1) is 9.70. The quantitative estimate of drug-likeness (QED) is 0.683. The number of amides is 1. The van der Waals surface area contributed by atoms with Gasteiger partial charge in [-0.1, -0.05) is 24.3 Å². The van der Waals surface area contributed by atoms with Crippen molar-refractivity contribution in [1.82, 2.24) is 5.32 Å². The van der Waals surface area contributed by atoms with Gasteiger partial charge >= 0.3 is 11.8 Å². The smallest absolute Gasteiger partial charge is 0.407 e. The zero-order chi connectivity index (χ0) is 16.0. The van der Waals surface area contributed by atoms with Gasteiger partial charge in [-0.15, -0.1) is 0 Å². The van der Waals surface area contributed by atoms with Crippen LogP contribution in [0.2, 0.25) is 0 Å². The van der Waals surface area contributed by atoms with Gasteiger partial charge in [0.1, 0.15) is 5.60 Å². The molecule has 0 spiro atoms. The molecular formula is C14H17FN2O4. The highest BCUT2D eigenvalue weighted by Crippen LogP contribution is 2.20. The molecule has 21 heavy (non-hydrogen) atoms. The van der Waals surface area contributed by atoms with Gasteiger partial charge < -0.3 is 10.1 Å². The first-order valence-electron chi connectivity index (χ1n) is 6.27. The molecule has 1 N–H and O–H groups in total. The van der Waals surface area contributed by atoms with Crippen LogP contribution in [-0.2, 0) is 4.74 Å². The van der Waals surface area contributed by atoms with E-state index in [1.54, 1.807) is 20.8 Å². The summed E-state index contributed by atoms with van der Waals surface area (Å²) in [5.41, 5.74) is -1.10. The zero-order valence-corrected chi connectivity index (χ0v) is 12.1. The van der Waals surface area contributed by atoms with E-state index in [2.05, 4.69) is 5.32 Å². The third-order valence-electron chi connectivity index (χ3n) is 2.27. The van der Waals surface area contributed by atoms with E-state index in [4.69, 9.17) is 4.74 Å². The Morgan fingerprint density at radius 1 is 1.48 bits per heavy atom. The number of alkyl carbamates (subject to hydrolysis) is 1. The highest BCUT2D eigenvalue weighted by molar-refractivity contribution is 5.68. The minimum Gasteiger partial charge on any atom is -0.444 e. The van der Waals surface area contributed by atoms with Crippen LogP contribution in [0.3, 0.4) is 0 Å². The fourth-order valence-electron chi connectivity index (χ4n) is 1.45. The van der Waals surface area contributed by atoms with Crippen LogP contribution in [0.15, 0.2) is 24.3 Å². The second-order valence-corrected chi connectivity index (χ2v) is 5.22. The van der Waals surface area contributed by atoms with Gasteiger partial charge in [0.15, 0.2) is 0 Å². The number of halogens is 1. The fraction of sp³-hybridized carbons (Fsp3) is 0.357. The molecule has 0 heterocycles. The van der Waals surface area contributed by atoms with Gasteiger partial charge in [0, 0.05) is 18.2 Å². The summed E-state index contributed by atoms with van der Waals surface area (Å²) in [6, 6.07) is 3.89. The highest BCUT2D eigenvalue weighted by Gasteiger charge is 2.16. The molecule has 1 aromatic rings. The van der Waals surface area contributed by atoms with Crippen LogP contribution >= 0.6 is 0 Å². The highest BCUT2D eigenvalue weighted by atomic mass is 19.1. The van der Waals surface area contributed by atoms with Gasteiger partial charge in [0.2, 0.25) is 5.82 Å². The maximum Gasteiger partial charge on any atom is 0.407 e. The lowest BCUT2D eigenvalue weighted by molar-refractivity contribution is -0.387. The van der Waals surface area contributed by atoms with E-state index in [1.165, 1.54) is 24.3 Å². The molecule has 0 saturated heterocycles. The lowest BCUT2D eigenvalue weighted by Crippen LogP contribution is -2.32. The van der Waals surface area contributed by atoms with E-state index in [0.29, 0.717) is 0 Å². The zero-order valence-electron chi connectivity index (χ0n) is 12.1. The second-order valence-electron chi connectivity index (χ2n) is 5.22. The van der Waals surface area contributed by atoms with Crippen LogP contribution in [0, 0.1) is 15.9 Å². The lowest BCUT2D eigenvalue weighted by atomic mass is 10.1. The van der Waals surface area contributed by atoms with Crippen molar-refractivity contribution >= 4 is 17.9 Å². The monoisotopic (exact) mass is 296 g/mol. The summed E-state index contributed by atoms with van der Waals surface area (Å²) in [5, 5.41) is 13.1. The Hall–Kier alpha value is -2.44. The molecule has 1 rings (SSSR count). The predicted octanol–water partition coefficient (Wildman–Crippen LogP) is 3.27. The van der Waals surface area contributed by atoms with Crippen molar-refractivity contribution in [2.75, 3.05) is 6.54 Å². The standard InChI is InChI=1S/C14H17FN2O4/c1-14(2,3)21-13(18)16-9-5-7-10-6-4-8-11(12(10)15)17(19)20/h4-8H,9H2,1-3H3,(H,16,18). The van der Waals surface area contributed by atoms with Gasteiger partial charge in [-0.3, -0.25) is 10.1 Å². The molecule has 114 valence electrons. The summed E-state index contributed by atoms with van der Waals surface area (Å²) < 4.78 is 18.7.